The standard InChI is InChI=1S/C14H12ClF3N4O/c1-8-11(15)12(22(2)21-8)13(23)20-19-7-9-5-3-4-6-10(9)14(16,17)18/h3-7H,1-2H3,(H,20,23)/b19-7-. The largest absolute Gasteiger partial charge is 0.417 e. The quantitative estimate of drug-likeness (QED) is 0.687. The molecule has 0 fully saturated rings. The molecule has 0 atom stereocenters. The first kappa shape index (κ1) is 17.0. The Morgan fingerprint density at radius 1 is 1.39 bits per heavy atom. The molecule has 1 N–H and O–H groups in total. The van der Waals surface area contributed by atoms with Crippen molar-refractivity contribution in [1.29, 1.82) is 0 Å². The van der Waals surface area contributed by atoms with Gasteiger partial charge in [0.25, 0.3) is 5.91 Å². The van der Waals surface area contributed by atoms with Gasteiger partial charge >= 0.3 is 6.18 Å². The molecule has 23 heavy (non-hydrogen) atoms. The maximum Gasteiger partial charge on any atom is 0.417 e. The lowest BCUT2D eigenvalue weighted by molar-refractivity contribution is -0.137. The number of hydrogen-bond donors (Lipinski definition) is 1. The molecule has 0 radical (unpaired) electrons. The Kier molecular flexibility index (Phi) is 4.74. The second-order valence-electron chi connectivity index (χ2n) is 4.66. The number of carbonyl (C=O) groups excluding carboxylic acids is 1. The number of hydrazone groups is 1. The van der Waals surface area contributed by atoms with E-state index in [0.29, 0.717) is 5.69 Å². The number of aryl methyl sites for hydroxylation is 2. The highest BCUT2D eigenvalue weighted by Gasteiger charge is 2.32. The molecule has 0 aliphatic heterocycles. The van der Waals surface area contributed by atoms with E-state index in [1.165, 1.54) is 29.9 Å². The Morgan fingerprint density at radius 3 is 2.61 bits per heavy atom. The highest BCUT2D eigenvalue weighted by molar-refractivity contribution is 6.34. The summed E-state index contributed by atoms with van der Waals surface area (Å²) in [6.45, 7) is 1.63. The van der Waals surface area contributed by atoms with E-state index < -0.39 is 17.6 Å². The van der Waals surface area contributed by atoms with Crippen molar-refractivity contribution in [3.05, 3.63) is 51.8 Å². The number of nitrogens with one attached hydrogen (secondary N) is 1. The SMILES string of the molecule is Cc1nn(C)c(C(=O)N/N=C\c2ccccc2C(F)(F)F)c1Cl. The predicted molar refractivity (Wildman–Crippen MR) is 79.5 cm³/mol. The van der Waals surface area contributed by atoms with Crippen LogP contribution in [0, 0.1) is 6.92 Å². The number of hydrogen-bond acceptors (Lipinski definition) is 3. The second kappa shape index (κ2) is 6.41. The molecule has 0 aliphatic carbocycles. The van der Waals surface area contributed by atoms with Crippen LogP contribution in [0.5, 0.6) is 0 Å². The molecule has 0 spiro atoms. The van der Waals surface area contributed by atoms with Crippen LogP contribution in [0.25, 0.3) is 0 Å². The lowest BCUT2D eigenvalue weighted by Crippen LogP contribution is -2.21. The highest BCUT2D eigenvalue weighted by atomic mass is 35.5. The Balaban J connectivity index is 2.18. The van der Waals surface area contributed by atoms with Gasteiger partial charge in [0, 0.05) is 12.6 Å². The number of nitrogens with zero attached hydrogens (tertiary/aromatic N) is 3. The van der Waals surface area contributed by atoms with Gasteiger partial charge in [0.2, 0.25) is 0 Å². The van der Waals surface area contributed by atoms with E-state index >= 15 is 0 Å². The van der Waals surface area contributed by atoms with Crippen LogP contribution in [-0.4, -0.2) is 21.9 Å². The van der Waals surface area contributed by atoms with E-state index in [-0.39, 0.29) is 16.3 Å². The third-order valence-electron chi connectivity index (χ3n) is 3.00. The number of aromatic nitrogens is 2. The third-order valence-corrected chi connectivity index (χ3v) is 3.45. The zero-order valence-electron chi connectivity index (χ0n) is 12.1. The molecule has 0 saturated carbocycles. The lowest BCUT2D eigenvalue weighted by atomic mass is 10.1. The first-order valence-corrected chi connectivity index (χ1v) is 6.78. The summed E-state index contributed by atoms with van der Waals surface area (Å²) in [5.74, 6) is -0.668. The molecular weight excluding hydrogens is 333 g/mol. The van der Waals surface area contributed by atoms with E-state index in [2.05, 4.69) is 15.6 Å². The molecule has 1 aromatic heterocycles. The summed E-state index contributed by atoms with van der Waals surface area (Å²) in [6.07, 6.45) is -3.58. The van der Waals surface area contributed by atoms with Crippen molar-refractivity contribution in [2.45, 2.75) is 13.1 Å². The van der Waals surface area contributed by atoms with E-state index in [1.807, 2.05) is 0 Å². The minimum atomic E-state index is -4.50. The predicted octanol–water partition coefficient (Wildman–Crippen LogP) is 3.16. The molecule has 0 saturated heterocycles. The number of halogens is 4. The van der Waals surface area contributed by atoms with E-state index in [0.717, 1.165) is 12.3 Å². The summed E-state index contributed by atoms with van der Waals surface area (Å²) >= 11 is 5.95. The number of amides is 1. The highest BCUT2D eigenvalue weighted by Crippen LogP contribution is 2.31. The smallest absolute Gasteiger partial charge is 0.266 e. The molecule has 1 aromatic carbocycles. The molecule has 9 heteroatoms. The van der Waals surface area contributed by atoms with Gasteiger partial charge in [-0.2, -0.15) is 23.4 Å². The van der Waals surface area contributed by atoms with Crippen LogP contribution in [0.3, 0.4) is 0 Å². The van der Waals surface area contributed by atoms with Crippen LogP contribution in [0.4, 0.5) is 13.2 Å². The van der Waals surface area contributed by atoms with Gasteiger partial charge < -0.3 is 0 Å². The van der Waals surface area contributed by atoms with Gasteiger partial charge in [-0.05, 0) is 13.0 Å². The van der Waals surface area contributed by atoms with Gasteiger partial charge in [-0.3, -0.25) is 9.48 Å². The zero-order chi connectivity index (χ0) is 17.2. The summed E-state index contributed by atoms with van der Waals surface area (Å²) in [7, 11) is 1.52. The minimum Gasteiger partial charge on any atom is -0.266 e. The molecule has 0 bridgehead atoms. The molecule has 1 heterocycles. The Hall–Kier alpha value is -2.35. The number of alkyl halides is 3. The summed E-state index contributed by atoms with van der Waals surface area (Å²) < 4.78 is 39.8. The van der Waals surface area contributed by atoms with Crippen LogP contribution in [0.1, 0.15) is 27.3 Å². The minimum absolute atomic E-state index is 0.0745. The van der Waals surface area contributed by atoms with Crippen molar-refractivity contribution < 1.29 is 18.0 Å². The van der Waals surface area contributed by atoms with Crippen LogP contribution >= 0.6 is 11.6 Å². The maximum atomic E-state index is 12.8. The van der Waals surface area contributed by atoms with Crippen molar-refractivity contribution in [3.63, 3.8) is 0 Å². The van der Waals surface area contributed by atoms with Crippen LogP contribution in [0.15, 0.2) is 29.4 Å². The normalized spacial score (nSPS) is 11.9. The van der Waals surface area contributed by atoms with Crippen LogP contribution in [0.2, 0.25) is 5.02 Å². The van der Waals surface area contributed by atoms with Gasteiger partial charge in [0.05, 0.1) is 22.5 Å². The summed E-state index contributed by atoms with van der Waals surface area (Å²) in [4.78, 5) is 12.0. The van der Waals surface area contributed by atoms with Crippen molar-refractivity contribution in [3.8, 4) is 0 Å². The Bertz CT molecular complexity index is 768. The van der Waals surface area contributed by atoms with Gasteiger partial charge in [-0.25, -0.2) is 5.43 Å². The molecule has 0 aliphatic rings. The summed E-state index contributed by atoms with van der Waals surface area (Å²) in [6, 6.07) is 4.90. The maximum absolute atomic E-state index is 12.8. The van der Waals surface area contributed by atoms with Gasteiger partial charge in [0.15, 0.2) is 0 Å². The lowest BCUT2D eigenvalue weighted by Gasteiger charge is -2.09. The summed E-state index contributed by atoms with van der Waals surface area (Å²) in [5, 5.41) is 7.69. The number of benzene rings is 1. The molecule has 0 unspecified atom stereocenters. The van der Waals surface area contributed by atoms with E-state index in [9.17, 15) is 18.0 Å². The number of carbonyl (C=O) groups is 1. The first-order chi connectivity index (χ1) is 10.7. The topological polar surface area (TPSA) is 59.3 Å². The molecule has 2 rings (SSSR count). The van der Waals surface area contributed by atoms with E-state index in [4.69, 9.17) is 11.6 Å². The van der Waals surface area contributed by atoms with E-state index in [1.54, 1.807) is 6.92 Å². The number of rotatable bonds is 3. The third kappa shape index (κ3) is 3.70. The van der Waals surface area contributed by atoms with Crippen molar-refractivity contribution in [2.75, 3.05) is 0 Å². The Morgan fingerprint density at radius 2 is 2.04 bits per heavy atom. The summed E-state index contributed by atoms with van der Waals surface area (Å²) in [5.41, 5.74) is 1.68. The molecule has 122 valence electrons. The average Bonchev–Trinajstić information content (AvgIpc) is 2.71. The molecular formula is C14H12ClF3N4O. The monoisotopic (exact) mass is 344 g/mol. The Labute approximate surface area is 134 Å². The van der Waals surface area contributed by atoms with Gasteiger partial charge in [-0.15, -0.1) is 0 Å². The van der Waals surface area contributed by atoms with Gasteiger partial charge in [0.1, 0.15) is 5.69 Å². The van der Waals surface area contributed by atoms with Gasteiger partial charge in [-0.1, -0.05) is 29.8 Å². The average molecular weight is 345 g/mol. The van der Waals surface area contributed by atoms with Crippen molar-refractivity contribution >= 4 is 23.7 Å². The van der Waals surface area contributed by atoms with Crippen LogP contribution < -0.4 is 5.43 Å². The zero-order valence-corrected chi connectivity index (χ0v) is 12.9. The molecule has 5 nitrogen and oxygen atoms in total. The fourth-order valence-corrected chi connectivity index (χ4v) is 2.21. The molecule has 1 amide bonds. The van der Waals surface area contributed by atoms with Crippen LogP contribution in [-0.2, 0) is 13.2 Å². The first-order valence-electron chi connectivity index (χ1n) is 6.40. The second-order valence-corrected chi connectivity index (χ2v) is 5.03. The fraction of sp³-hybridized carbons (Fsp3) is 0.214. The molecule has 2 aromatic rings. The fourth-order valence-electron chi connectivity index (χ4n) is 1.96. The van der Waals surface area contributed by atoms with Crippen molar-refractivity contribution in [1.82, 2.24) is 15.2 Å². The van der Waals surface area contributed by atoms with Crippen molar-refractivity contribution in [2.24, 2.45) is 12.1 Å².